The molecule has 3 amide bonds. The summed E-state index contributed by atoms with van der Waals surface area (Å²) in [6.45, 7) is 6.12. The Bertz CT molecular complexity index is 1440. The quantitative estimate of drug-likeness (QED) is 0.387. The Hall–Kier alpha value is -4.23. The van der Waals surface area contributed by atoms with Crippen LogP contribution < -0.4 is 16.0 Å². The van der Waals surface area contributed by atoms with Gasteiger partial charge < -0.3 is 20.3 Å². The second-order valence-corrected chi connectivity index (χ2v) is 10.8. The van der Waals surface area contributed by atoms with E-state index in [2.05, 4.69) is 68.8 Å². The first-order valence-electron chi connectivity index (χ1n) is 13.9. The van der Waals surface area contributed by atoms with Crippen molar-refractivity contribution in [2.24, 2.45) is 0 Å². The van der Waals surface area contributed by atoms with Gasteiger partial charge in [0, 0.05) is 54.3 Å². The van der Waals surface area contributed by atoms with E-state index in [4.69, 9.17) is 4.74 Å². The third-order valence-corrected chi connectivity index (χ3v) is 7.42. The minimum Gasteiger partial charge on any atom is -0.377 e. The molecule has 41 heavy (non-hydrogen) atoms. The van der Waals surface area contributed by atoms with Gasteiger partial charge in [0.25, 0.3) is 5.91 Å². The van der Waals surface area contributed by atoms with Crippen molar-refractivity contribution in [2.45, 2.75) is 32.0 Å². The molecule has 0 saturated carbocycles. The molecule has 212 valence electrons. The highest BCUT2D eigenvalue weighted by atomic mass is 16.5. The normalized spacial score (nSPS) is 16.9. The molecule has 5 rings (SSSR count). The van der Waals surface area contributed by atoms with E-state index >= 15 is 0 Å². The summed E-state index contributed by atoms with van der Waals surface area (Å²) in [4.78, 5) is 34.0. The van der Waals surface area contributed by atoms with Crippen LogP contribution in [0.2, 0.25) is 0 Å². The summed E-state index contributed by atoms with van der Waals surface area (Å²) in [6.07, 6.45) is 2.80. The van der Waals surface area contributed by atoms with Gasteiger partial charge in [-0.3, -0.25) is 15.0 Å². The number of likely N-dealkylation sites (tertiary alicyclic amines) is 1. The van der Waals surface area contributed by atoms with Crippen molar-refractivity contribution in [2.75, 3.05) is 51.0 Å². The minimum absolute atomic E-state index is 0.0446. The molecule has 2 aliphatic rings. The van der Waals surface area contributed by atoms with Crippen LogP contribution in [0.25, 0.3) is 0 Å². The first kappa shape index (κ1) is 28.3. The zero-order chi connectivity index (χ0) is 28.8. The number of carbonyl (C=O) groups excluding carboxylic acids is 2. The lowest BCUT2D eigenvalue weighted by molar-refractivity contribution is 0.000731. The van der Waals surface area contributed by atoms with E-state index in [9.17, 15) is 9.59 Å². The Morgan fingerprint density at radius 2 is 1.85 bits per heavy atom. The fraction of sp³-hybridized carbons (Fsp3) is 0.344. The lowest BCUT2D eigenvalue weighted by Gasteiger charge is -2.26. The largest absolute Gasteiger partial charge is 0.377 e. The number of hydrogen-bond acceptors (Lipinski definition) is 6. The number of nitrogens with zero attached hydrogens (tertiary/aromatic N) is 3. The maximum Gasteiger partial charge on any atom is 0.320 e. The fourth-order valence-corrected chi connectivity index (χ4v) is 4.77. The molecule has 2 fully saturated rings. The molecule has 2 aromatic carbocycles. The van der Waals surface area contributed by atoms with Gasteiger partial charge in [-0.1, -0.05) is 30.0 Å². The van der Waals surface area contributed by atoms with Crippen LogP contribution in [0.5, 0.6) is 0 Å². The van der Waals surface area contributed by atoms with Crippen molar-refractivity contribution < 1.29 is 14.3 Å². The van der Waals surface area contributed by atoms with Crippen molar-refractivity contribution >= 4 is 23.4 Å². The number of aromatic nitrogens is 1. The van der Waals surface area contributed by atoms with E-state index in [1.165, 1.54) is 12.0 Å². The van der Waals surface area contributed by atoms with E-state index in [0.717, 1.165) is 36.4 Å². The van der Waals surface area contributed by atoms with Crippen molar-refractivity contribution in [1.82, 2.24) is 20.1 Å². The predicted molar refractivity (Wildman–Crippen MR) is 160 cm³/mol. The van der Waals surface area contributed by atoms with Gasteiger partial charge in [0.15, 0.2) is 0 Å². The van der Waals surface area contributed by atoms with Crippen molar-refractivity contribution in [3.8, 4) is 11.8 Å². The molecule has 1 unspecified atom stereocenters. The summed E-state index contributed by atoms with van der Waals surface area (Å²) in [5, 5.41) is 8.50. The third kappa shape index (κ3) is 7.70. The molecule has 2 aliphatic heterocycles. The van der Waals surface area contributed by atoms with Crippen molar-refractivity contribution in [3.63, 3.8) is 0 Å². The summed E-state index contributed by atoms with van der Waals surface area (Å²) in [7, 11) is 4.28. The molecule has 0 spiro atoms. The summed E-state index contributed by atoms with van der Waals surface area (Å²) < 4.78 is 5.05. The number of nitrogens with one attached hydrogen (secondary N) is 3. The fourth-order valence-electron chi connectivity index (χ4n) is 4.77. The number of aryl methyl sites for hydroxylation is 1. The second kappa shape index (κ2) is 13.0. The maximum atomic E-state index is 13.0. The monoisotopic (exact) mass is 552 g/mol. The van der Waals surface area contributed by atoms with Crippen molar-refractivity contribution in [3.05, 3.63) is 88.6 Å². The number of benzene rings is 2. The second-order valence-electron chi connectivity index (χ2n) is 10.8. The molecule has 2 saturated heterocycles. The first-order chi connectivity index (χ1) is 19.8. The van der Waals surface area contributed by atoms with E-state index in [1.807, 2.05) is 31.2 Å². The maximum absolute atomic E-state index is 13.0. The number of rotatable bonds is 7. The number of anilines is 2. The Balaban J connectivity index is 1.16. The van der Waals surface area contributed by atoms with Crippen LogP contribution in [0.1, 0.15) is 39.0 Å². The number of hydrogen-bond donors (Lipinski definition) is 3. The molecule has 3 aromatic rings. The summed E-state index contributed by atoms with van der Waals surface area (Å²) in [6, 6.07) is 17.4. The van der Waals surface area contributed by atoms with E-state index < -0.39 is 0 Å². The highest BCUT2D eigenvalue weighted by Crippen LogP contribution is 2.19. The van der Waals surface area contributed by atoms with Gasteiger partial charge in [-0.15, -0.1) is 0 Å². The van der Waals surface area contributed by atoms with Crippen LogP contribution in [0.3, 0.4) is 0 Å². The molecule has 3 N–H and O–H groups in total. The standard InChI is InChI=1S/C32H36N6O3/c1-22-4-9-26(31(39)34-27-11-6-24(7-12-27)18-38-15-14-29(19-38)37(2)3)16-25(22)10-5-23-8-13-30(33-17-23)36-32(40)35-28-20-41-21-28/h4,6-9,11-13,16-17,28-29H,14-15,18-21H2,1-3H3,(H,34,39)(H2,33,35,36,40). The van der Waals surface area contributed by atoms with Gasteiger partial charge in [0.2, 0.25) is 0 Å². The Labute approximate surface area is 241 Å². The van der Waals surface area contributed by atoms with E-state index in [1.54, 1.807) is 24.4 Å². The number of ether oxygens (including phenoxy) is 1. The summed E-state index contributed by atoms with van der Waals surface area (Å²) in [5.41, 5.74) is 4.97. The third-order valence-electron chi connectivity index (χ3n) is 7.42. The molecule has 0 radical (unpaired) electrons. The number of carbonyl (C=O) groups is 2. The lowest BCUT2D eigenvalue weighted by Crippen LogP contribution is -2.50. The van der Waals surface area contributed by atoms with Crippen LogP contribution in [0.4, 0.5) is 16.3 Å². The average Bonchev–Trinajstić information content (AvgIpc) is 3.41. The molecular formula is C32H36N6O3. The molecular weight excluding hydrogens is 516 g/mol. The number of likely N-dealkylation sites (N-methyl/N-ethyl adjacent to an activating group) is 1. The van der Waals surface area contributed by atoms with Crippen molar-refractivity contribution in [1.29, 1.82) is 0 Å². The van der Waals surface area contributed by atoms with Gasteiger partial charge in [0.1, 0.15) is 5.82 Å². The molecule has 9 nitrogen and oxygen atoms in total. The lowest BCUT2D eigenvalue weighted by atomic mass is 10.0. The van der Waals surface area contributed by atoms with Gasteiger partial charge in [-0.25, -0.2) is 9.78 Å². The van der Waals surface area contributed by atoms with Gasteiger partial charge in [0.05, 0.1) is 19.3 Å². The van der Waals surface area contributed by atoms with Crippen LogP contribution in [-0.2, 0) is 11.3 Å². The Morgan fingerprint density at radius 1 is 1.05 bits per heavy atom. The summed E-state index contributed by atoms with van der Waals surface area (Å²) >= 11 is 0. The Kier molecular flexibility index (Phi) is 8.95. The van der Waals surface area contributed by atoms with Crippen LogP contribution >= 0.6 is 0 Å². The van der Waals surface area contributed by atoms with E-state index in [0.29, 0.717) is 36.2 Å². The smallest absolute Gasteiger partial charge is 0.320 e. The molecule has 0 bridgehead atoms. The number of urea groups is 1. The number of pyridine rings is 1. The molecule has 1 aromatic heterocycles. The molecule has 3 heterocycles. The average molecular weight is 553 g/mol. The topological polar surface area (TPSA) is 98.8 Å². The molecule has 1 atom stereocenters. The predicted octanol–water partition coefficient (Wildman–Crippen LogP) is 3.70. The molecule has 0 aliphatic carbocycles. The van der Waals surface area contributed by atoms with Gasteiger partial charge >= 0.3 is 6.03 Å². The molecule has 9 heteroatoms. The number of amides is 3. The van der Waals surface area contributed by atoms with E-state index in [-0.39, 0.29) is 18.0 Å². The van der Waals surface area contributed by atoms with Crippen LogP contribution in [-0.4, -0.2) is 79.2 Å². The minimum atomic E-state index is -0.313. The highest BCUT2D eigenvalue weighted by molar-refractivity contribution is 6.04. The SMILES string of the molecule is Cc1ccc(C(=O)Nc2ccc(CN3CCC(N(C)C)C3)cc2)cc1C#Cc1ccc(NC(=O)NC2COC2)nc1. The Morgan fingerprint density at radius 3 is 2.51 bits per heavy atom. The van der Waals surface area contributed by atoms with Gasteiger partial charge in [-0.05, 0) is 75.0 Å². The summed E-state index contributed by atoms with van der Waals surface area (Å²) in [5.74, 6) is 6.50. The first-order valence-corrected chi connectivity index (χ1v) is 13.9. The van der Waals surface area contributed by atoms with Gasteiger partial charge in [-0.2, -0.15) is 0 Å². The zero-order valence-electron chi connectivity index (χ0n) is 23.7. The van der Waals surface area contributed by atoms with Crippen LogP contribution in [0, 0.1) is 18.8 Å². The van der Waals surface area contributed by atoms with Crippen LogP contribution in [0.15, 0.2) is 60.8 Å². The highest BCUT2D eigenvalue weighted by Gasteiger charge is 2.23. The zero-order valence-corrected chi connectivity index (χ0v) is 23.7.